The second-order valence-corrected chi connectivity index (χ2v) is 4.38. The van der Waals surface area contributed by atoms with Crippen LogP contribution in [-0.2, 0) is 6.42 Å². The molecule has 0 aliphatic heterocycles. The van der Waals surface area contributed by atoms with Crippen LogP contribution in [0.1, 0.15) is 5.56 Å². The van der Waals surface area contributed by atoms with Gasteiger partial charge in [0.1, 0.15) is 11.6 Å². The summed E-state index contributed by atoms with van der Waals surface area (Å²) in [5.41, 5.74) is 7.12. The third kappa shape index (κ3) is 3.95. The fraction of sp³-hybridized carbons (Fsp3) is 0.200. The van der Waals surface area contributed by atoms with Crippen LogP contribution >= 0.6 is 0 Å². The molecule has 0 heterocycles. The lowest BCUT2D eigenvalue weighted by atomic mass is 9.97. The first-order valence-corrected chi connectivity index (χ1v) is 6.24. The maximum absolute atomic E-state index is 13.8. The molecular weight excluding hydrogens is 286 g/mol. The van der Waals surface area contributed by atoms with Gasteiger partial charge in [0.05, 0.1) is 0 Å². The summed E-state index contributed by atoms with van der Waals surface area (Å²) < 4.78 is 53.9. The van der Waals surface area contributed by atoms with Crippen LogP contribution in [0.5, 0.6) is 5.75 Å². The Morgan fingerprint density at radius 3 is 2.24 bits per heavy atom. The van der Waals surface area contributed by atoms with Crippen molar-refractivity contribution in [2.45, 2.75) is 12.8 Å². The number of nitrogens with two attached hydrogens (primary N) is 1. The van der Waals surface area contributed by atoms with Crippen molar-refractivity contribution in [3.63, 3.8) is 0 Å². The van der Waals surface area contributed by atoms with E-state index >= 15 is 0 Å². The van der Waals surface area contributed by atoms with E-state index in [1.165, 1.54) is 30.3 Å². The van der Waals surface area contributed by atoms with E-state index in [0.717, 1.165) is 0 Å². The van der Waals surface area contributed by atoms with Crippen LogP contribution in [0.15, 0.2) is 42.5 Å². The van der Waals surface area contributed by atoms with E-state index in [2.05, 4.69) is 4.74 Å². The molecule has 0 spiro atoms. The molecule has 2 rings (SSSR count). The summed E-state index contributed by atoms with van der Waals surface area (Å²) in [6, 6.07) is 9.87. The molecule has 2 nitrogen and oxygen atoms in total. The second-order valence-electron chi connectivity index (χ2n) is 4.38. The zero-order valence-corrected chi connectivity index (χ0v) is 11.0. The highest BCUT2D eigenvalue weighted by Gasteiger charge is 2.30. The third-order valence-electron chi connectivity index (χ3n) is 2.91. The zero-order chi connectivity index (χ0) is 15.5. The summed E-state index contributed by atoms with van der Waals surface area (Å²) in [4.78, 5) is 0. The Bertz CT molecular complexity index is 608. The lowest BCUT2D eigenvalue weighted by molar-refractivity contribution is -0.274. The minimum absolute atomic E-state index is 0.281. The fourth-order valence-corrected chi connectivity index (χ4v) is 2.06. The van der Waals surface area contributed by atoms with Gasteiger partial charge in [0.15, 0.2) is 0 Å². The van der Waals surface area contributed by atoms with Crippen LogP contribution in [-0.4, -0.2) is 12.9 Å². The number of halogens is 4. The molecular formula is C15H13F4NO. The average molecular weight is 299 g/mol. The van der Waals surface area contributed by atoms with Gasteiger partial charge in [0, 0.05) is 0 Å². The van der Waals surface area contributed by atoms with Gasteiger partial charge in [-0.15, -0.1) is 13.2 Å². The second kappa shape index (κ2) is 6.13. The van der Waals surface area contributed by atoms with Crippen molar-refractivity contribution < 1.29 is 22.3 Å². The van der Waals surface area contributed by atoms with Crippen molar-refractivity contribution in [3.05, 3.63) is 53.8 Å². The number of hydrogen-bond donors (Lipinski definition) is 1. The Hall–Kier alpha value is -2.08. The van der Waals surface area contributed by atoms with Gasteiger partial charge in [-0.2, -0.15) is 0 Å². The molecule has 0 aliphatic rings. The van der Waals surface area contributed by atoms with Crippen LogP contribution < -0.4 is 10.5 Å². The Kier molecular flexibility index (Phi) is 4.47. The monoisotopic (exact) mass is 299 g/mol. The molecule has 6 heteroatoms. The first kappa shape index (κ1) is 15.3. The average Bonchev–Trinajstić information content (AvgIpc) is 2.40. The number of alkyl halides is 3. The van der Waals surface area contributed by atoms with E-state index in [0.29, 0.717) is 23.1 Å². The SMILES string of the molecule is NCCc1c(F)cccc1-c1ccc(OC(F)(F)F)cc1. The van der Waals surface area contributed by atoms with E-state index in [1.807, 2.05) is 0 Å². The molecule has 0 atom stereocenters. The first-order valence-electron chi connectivity index (χ1n) is 6.24. The summed E-state index contributed by atoms with van der Waals surface area (Å²) >= 11 is 0. The van der Waals surface area contributed by atoms with Crippen LogP contribution in [0, 0.1) is 5.82 Å². The van der Waals surface area contributed by atoms with Crippen molar-refractivity contribution >= 4 is 0 Å². The quantitative estimate of drug-likeness (QED) is 0.869. The molecule has 0 saturated carbocycles. The molecule has 0 amide bonds. The molecule has 21 heavy (non-hydrogen) atoms. The highest BCUT2D eigenvalue weighted by Crippen LogP contribution is 2.29. The Morgan fingerprint density at radius 2 is 1.67 bits per heavy atom. The highest BCUT2D eigenvalue weighted by atomic mass is 19.4. The van der Waals surface area contributed by atoms with Gasteiger partial charge >= 0.3 is 6.36 Å². The van der Waals surface area contributed by atoms with Crippen LogP contribution in [0.4, 0.5) is 17.6 Å². The largest absolute Gasteiger partial charge is 0.573 e. The summed E-state index contributed by atoms with van der Waals surface area (Å²) in [5, 5.41) is 0. The smallest absolute Gasteiger partial charge is 0.406 e. The molecule has 0 aromatic heterocycles. The van der Waals surface area contributed by atoms with Crippen molar-refractivity contribution in [1.82, 2.24) is 0 Å². The Balaban J connectivity index is 2.33. The zero-order valence-electron chi connectivity index (χ0n) is 11.0. The normalized spacial score (nSPS) is 11.5. The van der Waals surface area contributed by atoms with E-state index in [1.54, 1.807) is 12.1 Å². The van der Waals surface area contributed by atoms with Crippen molar-refractivity contribution in [2.75, 3.05) is 6.54 Å². The molecule has 2 N–H and O–H groups in total. The summed E-state index contributed by atoms with van der Waals surface area (Å²) in [6.07, 6.45) is -4.38. The molecule has 0 radical (unpaired) electrons. The number of ether oxygens (including phenoxy) is 1. The maximum atomic E-state index is 13.8. The van der Waals surface area contributed by atoms with E-state index in [-0.39, 0.29) is 18.1 Å². The van der Waals surface area contributed by atoms with Gasteiger partial charge in [-0.25, -0.2) is 4.39 Å². The molecule has 2 aromatic carbocycles. The molecule has 0 fully saturated rings. The number of rotatable bonds is 4. The fourth-order valence-electron chi connectivity index (χ4n) is 2.06. The van der Waals surface area contributed by atoms with Gasteiger partial charge in [-0.1, -0.05) is 24.3 Å². The molecule has 0 aliphatic carbocycles. The topological polar surface area (TPSA) is 35.2 Å². The van der Waals surface area contributed by atoms with Crippen LogP contribution in [0.3, 0.4) is 0 Å². The summed E-state index contributed by atoms with van der Waals surface area (Å²) in [6.45, 7) is 0.281. The third-order valence-corrected chi connectivity index (χ3v) is 2.91. The van der Waals surface area contributed by atoms with Gasteiger partial charge in [0.2, 0.25) is 0 Å². The number of benzene rings is 2. The standard InChI is InChI=1S/C15H13F4NO/c16-14-3-1-2-12(13(14)8-9-20)10-4-6-11(7-5-10)21-15(17,18)19/h1-7H,8-9,20H2. The molecule has 112 valence electrons. The molecule has 0 saturated heterocycles. The summed E-state index contributed by atoms with van der Waals surface area (Å²) in [7, 11) is 0. The predicted molar refractivity (Wildman–Crippen MR) is 71.3 cm³/mol. The highest BCUT2D eigenvalue weighted by molar-refractivity contribution is 5.68. The molecule has 0 unspecified atom stereocenters. The Morgan fingerprint density at radius 1 is 1.00 bits per heavy atom. The van der Waals surface area contributed by atoms with Gasteiger partial charge < -0.3 is 10.5 Å². The van der Waals surface area contributed by atoms with Crippen LogP contribution in [0.25, 0.3) is 11.1 Å². The minimum Gasteiger partial charge on any atom is -0.406 e. The van der Waals surface area contributed by atoms with E-state index in [9.17, 15) is 17.6 Å². The van der Waals surface area contributed by atoms with Crippen molar-refractivity contribution in [2.24, 2.45) is 5.73 Å². The van der Waals surface area contributed by atoms with Crippen molar-refractivity contribution in [3.8, 4) is 16.9 Å². The molecule has 0 bridgehead atoms. The van der Waals surface area contributed by atoms with Crippen molar-refractivity contribution in [1.29, 1.82) is 0 Å². The van der Waals surface area contributed by atoms with Gasteiger partial charge in [0.25, 0.3) is 0 Å². The predicted octanol–water partition coefficient (Wildman–Crippen LogP) is 3.89. The minimum atomic E-state index is -4.73. The first-order chi connectivity index (χ1) is 9.90. The molecule has 2 aromatic rings. The van der Waals surface area contributed by atoms with E-state index < -0.39 is 6.36 Å². The lowest BCUT2D eigenvalue weighted by Gasteiger charge is -2.12. The Labute approximate surface area is 119 Å². The van der Waals surface area contributed by atoms with Crippen LogP contribution in [0.2, 0.25) is 0 Å². The van der Waals surface area contributed by atoms with E-state index in [4.69, 9.17) is 5.73 Å². The maximum Gasteiger partial charge on any atom is 0.573 e. The number of hydrogen-bond acceptors (Lipinski definition) is 2. The van der Waals surface area contributed by atoms with Gasteiger partial charge in [-0.05, 0) is 47.9 Å². The lowest BCUT2D eigenvalue weighted by Crippen LogP contribution is -2.16. The van der Waals surface area contributed by atoms with Gasteiger partial charge in [-0.3, -0.25) is 0 Å². The summed E-state index contributed by atoms with van der Waals surface area (Å²) in [5.74, 6) is -0.698.